The molecule has 156 valence electrons. The van der Waals surface area contributed by atoms with Gasteiger partial charge in [-0.3, -0.25) is 9.59 Å². The Morgan fingerprint density at radius 3 is 2.81 bits per heavy atom. The number of carbonyl (C=O) groups is 2. The van der Waals surface area contributed by atoms with Crippen LogP contribution in [0.4, 0.5) is 0 Å². The van der Waals surface area contributed by atoms with Gasteiger partial charge in [0.2, 0.25) is 6.41 Å². The zero-order valence-corrected chi connectivity index (χ0v) is 17.0. The van der Waals surface area contributed by atoms with Crippen LogP contribution < -0.4 is 5.73 Å². The lowest BCUT2D eigenvalue weighted by Gasteiger charge is -2.19. The van der Waals surface area contributed by atoms with Gasteiger partial charge in [0.1, 0.15) is 5.60 Å². The van der Waals surface area contributed by atoms with Crippen molar-refractivity contribution in [2.24, 2.45) is 5.73 Å². The second kappa shape index (κ2) is 8.66. The molecule has 3 aromatic rings. The number of pyridine rings is 1. The number of aliphatic hydroxyl groups is 1. The van der Waals surface area contributed by atoms with Crippen LogP contribution in [-0.2, 0) is 4.79 Å². The molecule has 31 heavy (non-hydrogen) atoms. The Hall–Kier alpha value is -4.21. The Morgan fingerprint density at radius 1 is 1.39 bits per heavy atom. The lowest BCUT2D eigenvalue weighted by Crippen LogP contribution is -2.29. The topological polar surface area (TPSA) is 138 Å². The first-order valence-corrected chi connectivity index (χ1v) is 9.34. The lowest BCUT2D eigenvalue weighted by molar-refractivity contribution is -0.117. The molecule has 0 saturated heterocycles. The van der Waals surface area contributed by atoms with Gasteiger partial charge in [0.25, 0.3) is 5.91 Å². The molecule has 9 heteroatoms. The van der Waals surface area contributed by atoms with Crippen molar-refractivity contribution in [1.29, 1.82) is 5.26 Å². The van der Waals surface area contributed by atoms with Crippen molar-refractivity contribution in [2.75, 3.05) is 13.6 Å². The normalized spacial score (nSPS) is 12.3. The minimum atomic E-state index is -1.33. The van der Waals surface area contributed by atoms with E-state index in [1.54, 1.807) is 50.5 Å². The fourth-order valence-corrected chi connectivity index (χ4v) is 2.90. The van der Waals surface area contributed by atoms with E-state index in [4.69, 9.17) is 5.73 Å². The summed E-state index contributed by atoms with van der Waals surface area (Å²) in [5, 5.41) is 24.7. The molecule has 0 aliphatic heterocycles. The second-order valence-electron chi connectivity index (χ2n) is 7.24. The van der Waals surface area contributed by atoms with Crippen molar-refractivity contribution in [3.05, 3.63) is 53.3 Å². The number of amides is 2. The summed E-state index contributed by atoms with van der Waals surface area (Å²) in [6, 6.07) is 10.3. The van der Waals surface area contributed by atoms with E-state index in [9.17, 15) is 20.0 Å². The van der Waals surface area contributed by atoms with Crippen LogP contribution in [-0.4, -0.2) is 56.3 Å². The van der Waals surface area contributed by atoms with Crippen LogP contribution in [0.3, 0.4) is 0 Å². The highest BCUT2D eigenvalue weighted by atomic mass is 16.3. The van der Waals surface area contributed by atoms with Crippen molar-refractivity contribution < 1.29 is 14.7 Å². The molecule has 9 nitrogen and oxygen atoms in total. The van der Waals surface area contributed by atoms with Gasteiger partial charge >= 0.3 is 0 Å². The highest BCUT2D eigenvalue weighted by Gasteiger charge is 2.19. The Kier molecular flexibility index (Phi) is 6.00. The average Bonchev–Trinajstić information content (AvgIpc) is 3.16. The SMILES string of the molecule is CN(C=O)CC[C@@](C)(O)C#Cc1cc(C#N)cc(-n2nc(C(N)=O)c3cccnc32)c1. The molecule has 2 heterocycles. The third-order valence-electron chi connectivity index (χ3n) is 4.57. The number of hydrogen-bond donors (Lipinski definition) is 2. The van der Waals surface area contributed by atoms with Gasteiger partial charge in [-0.05, 0) is 37.3 Å². The molecule has 3 N–H and O–H groups in total. The summed E-state index contributed by atoms with van der Waals surface area (Å²) >= 11 is 0. The minimum absolute atomic E-state index is 0.0697. The standard InChI is InChI=1S/C22H20N6O3/c1-22(31,7-9-27(2)14-29)6-5-15-10-16(13-23)12-17(11-15)28-21-18(4-3-8-25-21)19(26-28)20(24)30/h3-4,8,10-12,14,31H,7,9H2,1-2H3,(H2,24,30)/t22-/m0/s1. The van der Waals surface area contributed by atoms with Crippen LogP contribution in [0.2, 0.25) is 0 Å². The van der Waals surface area contributed by atoms with E-state index < -0.39 is 11.5 Å². The summed E-state index contributed by atoms with van der Waals surface area (Å²) in [7, 11) is 1.61. The fourth-order valence-electron chi connectivity index (χ4n) is 2.90. The van der Waals surface area contributed by atoms with E-state index in [-0.39, 0.29) is 12.1 Å². The van der Waals surface area contributed by atoms with E-state index in [2.05, 4.69) is 28.0 Å². The molecule has 0 bridgehead atoms. The van der Waals surface area contributed by atoms with Crippen molar-refractivity contribution in [2.45, 2.75) is 18.9 Å². The summed E-state index contributed by atoms with van der Waals surface area (Å²) in [5.41, 5.74) is 5.85. The number of hydrogen-bond acceptors (Lipinski definition) is 6. The third kappa shape index (κ3) is 4.86. The fraction of sp³-hybridized carbons (Fsp3) is 0.227. The van der Waals surface area contributed by atoms with Crippen LogP contribution in [0.1, 0.15) is 35.0 Å². The first-order valence-electron chi connectivity index (χ1n) is 9.34. The van der Waals surface area contributed by atoms with Crippen molar-refractivity contribution in [3.63, 3.8) is 0 Å². The third-order valence-corrected chi connectivity index (χ3v) is 4.57. The predicted octanol–water partition coefficient (Wildman–Crippen LogP) is 0.972. The number of nitriles is 1. The van der Waals surface area contributed by atoms with Crippen LogP contribution in [0, 0.1) is 23.2 Å². The Labute approximate surface area is 178 Å². The maximum atomic E-state index is 11.8. The number of nitrogens with zero attached hydrogens (tertiary/aromatic N) is 5. The molecule has 3 rings (SSSR count). The van der Waals surface area contributed by atoms with Crippen LogP contribution in [0.15, 0.2) is 36.5 Å². The van der Waals surface area contributed by atoms with Crippen LogP contribution >= 0.6 is 0 Å². The molecule has 0 saturated carbocycles. The summed E-state index contributed by atoms with van der Waals surface area (Å²) in [6.07, 6.45) is 2.50. The number of rotatable bonds is 6. The summed E-state index contributed by atoms with van der Waals surface area (Å²) < 4.78 is 1.43. The first-order chi connectivity index (χ1) is 14.7. The zero-order chi connectivity index (χ0) is 22.6. The number of fused-ring (bicyclic) bond motifs is 1. The van der Waals surface area contributed by atoms with Gasteiger partial charge in [0.05, 0.1) is 22.7 Å². The van der Waals surface area contributed by atoms with Gasteiger partial charge in [-0.2, -0.15) is 10.4 Å². The molecule has 0 spiro atoms. The van der Waals surface area contributed by atoms with Gasteiger partial charge in [-0.15, -0.1) is 0 Å². The van der Waals surface area contributed by atoms with Crippen LogP contribution in [0.5, 0.6) is 0 Å². The smallest absolute Gasteiger partial charge is 0.269 e. The average molecular weight is 416 g/mol. The molecule has 0 radical (unpaired) electrons. The van der Waals surface area contributed by atoms with Gasteiger partial charge in [-0.25, -0.2) is 9.67 Å². The quantitative estimate of drug-likeness (QED) is 0.454. The Balaban J connectivity index is 2.04. The Bertz CT molecular complexity index is 1260. The molecule has 0 aliphatic rings. The van der Waals surface area contributed by atoms with E-state index >= 15 is 0 Å². The molecular formula is C22H20N6O3. The number of aromatic nitrogens is 3. The van der Waals surface area contributed by atoms with Gasteiger partial charge in [0.15, 0.2) is 11.3 Å². The molecule has 1 aromatic carbocycles. The van der Waals surface area contributed by atoms with Gasteiger partial charge in [-0.1, -0.05) is 11.8 Å². The largest absolute Gasteiger partial charge is 0.378 e. The lowest BCUT2D eigenvalue weighted by atomic mass is 10.0. The summed E-state index contributed by atoms with van der Waals surface area (Å²) in [4.78, 5) is 28.2. The highest BCUT2D eigenvalue weighted by molar-refractivity contribution is 6.03. The molecule has 2 aromatic heterocycles. The van der Waals surface area contributed by atoms with E-state index in [0.29, 0.717) is 40.8 Å². The Morgan fingerprint density at radius 2 is 2.13 bits per heavy atom. The van der Waals surface area contributed by atoms with E-state index in [0.717, 1.165) is 0 Å². The summed E-state index contributed by atoms with van der Waals surface area (Å²) in [6.45, 7) is 1.90. The molecule has 0 aliphatic carbocycles. The van der Waals surface area contributed by atoms with E-state index in [1.807, 2.05) is 0 Å². The highest BCUT2D eigenvalue weighted by Crippen LogP contribution is 2.22. The van der Waals surface area contributed by atoms with Crippen molar-refractivity contribution >= 4 is 23.4 Å². The molecule has 0 fully saturated rings. The first kappa shape index (κ1) is 21.5. The molecule has 1 atom stereocenters. The van der Waals surface area contributed by atoms with E-state index in [1.165, 1.54) is 9.58 Å². The van der Waals surface area contributed by atoms with Crippen LogP contribution in [0.25, 0.3) is 16.7 Å². The molecule has 2 amide bonds. The number of benzene rings is 1. The number of nitrogens with two attached hydrogens (primary N) is 1. The molecular weight excluding hydrogens is 396 g/mol. The monoisotopic (exact) mass is 416 g/mol. The predicted molar refractivity (Wildman–Crippen MR) is 113 cm³/mol. The second-order valence-corrected chi connectivity index (χ2v) is 7.24. The van der Waals surface area contributed by atoms with Crippen molar-refractivity contribution in [1.82, 2.24) is 19.7 Å². The maximum absolute atomic E-state index is 11.8. The molecule has 0 unspecified atom stereocenters. The van der Waals surface area contributed by atoms with Crippen molar-refractivity contribution in [3.8, 4) is 23.6 Å². The van der Waals surface area contributed by atoms with Gasteiger partial charge in [0, 0.05) is 31.8 Å². The summed E-state index contributed by atoms with van der Waals surface area (Å²) in [5.74, 6) is 4.97. The maximum Gasteiger partial charge on any atom is 0.269 e. The number of carbonyl (C=O) groups excluding carboxylic acids is 2. The minimum Gasteiger partial charge on any atom is -0.378 e. The number of primary amides is 1. The zero-order valence-electron chi connectivity index (χ0n) is 17.0. The van der Waals surface area contributed by atoms with Gasteiger partial charge < -0.3 is 15.7 Å².